The standard InChI is InChI=1S/C17H16BrNO3/c1-12-6-8-13(9-7-12)10-19-16(20)11-22-17(21)14-4-2-3-5-15(14)18/h2-9H,10-11H2,1H3,(H,19,20). The van der Waals surface area contributed by atoms with E-state index in [-0.39, 0.29) is 12.5 Å². The number of carbonyl (C=O) groups excluding carboxylic acids is 2. The summed E-state index contributed by atoms with van der Waals surface area (Å²) >= 11 is 3.27. The quantitative estimate of drug-likeness (QED) is 0.831. The first-order valence-electron chi connectivity index (χ1n) is 6.80. The van der Waals surface area contributed by atoms with E-state index in [9.17, 15) is 9.59 Å². The molecule has 0 aliphatic heterocycles. The second-order valence-electron chi connectivity index (χ2n) is 4.82. The van der Waals surface area contributed by atoms with Crippen LogP contribution in [0, 0.1) is 6.92 Å². The first kappa shape index (κ1) is 16.2. The number of hydrogen-bond acceptors (Lipinski definition) is 3. The maximum absolute atomic E-state index is 11.8. The number of ether oxygens (including phenoxy) is 1. The van der Waals surface area contributed by atoms with E-state index < -0.39 is 5.97 Å². The Morgan fingerprint density at radius 1 is 1.09 bits per heavy atom. The normalized spacial score (nSPS) is 10.1. The maximum Gasteiger partial charge on any atom is 0.339 e. The molecule has 2 rings (SSSR count). The van der Waals surface area contributed by atoms with Crippen LogP contribution in [-0.4, -0.2) is 18.5 Å². The summed E-state index contributed by atoms with van der Waals surface area (Å²) in [7, 11) is 0. The van der Waals surface area contributed by atoms with Crippen LogP contribution in [-0.2, 0) is 16.1 Å². The van der Waals surface area contributed by atoms with E-state index in [0.29, 0.717) is 16.6 Å². The summed E-state index contributed by atoms with van der Waals surface area (Å²) in [6.45, 7) is 2.11. The van der Waals surface area contributed by atoms with Gasteiger partial charge in [0.05, 0.1) is 5.56 Å². The molecule has 0 fully saturated rings. The van der Waals surface area contributed by atoms with Crippen molar-refractivity contribution >= 4 is 27.8 Å². The molecule has 1 amide bonds. The number of aryl methyl sites for hydroxylation is 1. The molecule has 0 saturated carbocycles. The molecule has 0 radical (unpaired) electrons. The molecule has 2 aromatic rings. The molecule has 0 heterocycles. The van der Waals surface area contributed by atoms with Crippen molar-refractivity contribution in [3.05, 3.63) is 69.7 Å². The summed E-state index contributed by atoms with van der Waals surface area (Å²) in [6, 6.07) is 14.8. The fourth-order valence-corrected chi connectivity index (χ4v) is 2.24. The molecular formula is C17H16BrNO3. The summed E-state index contributed by atoms with van der Waals surface area (Å²) in [4.78, 5) is 23.6. The van der Waals surface area contributed by atoms with Gasteiger partial charge in [0.1, 0.15) is 0 Å². The van der Waals surface area contributed by atoms with Gasteiger partial charge in [-0.3, -0.25) is 4.79 Å². The van der Waals surface area contributed by atoms with Crippen LogP contribution in [0.1, 0.15) is 21.5 Å². The number of esters is 1. The highest BCUT2D eigenvalue weighted by molar-refractivity contribution is 9.10. The first-order chi connectivity index (χ1) is 10.6. The van der Waals surface area contributed by atoms with Crippen LogP contribution < -0.4 is 5.32 Å². The molecule has 4 nitrogen and oxygen atoms in total. The van der Waals surface area contributed by atoms with Gasteiger partial charge in [-0.05, 0) is 40.5 Å². The van der Waals surface area contributed by atoms with Crippen molar-refractivity contribution in [2.45, 2.75) is 13.5 Å². The lowest BCUT2D eigenvalue weighted by Crippen LogP contribution is -2.28. The minimum Gasteiger partial charge on any atom is -0.452 e. The summed E-state index contributed by atoms with van der Waals surface area (Å²) < 4.78 is 5.64. The number of benzene rings is 2. The molecule has 0 unspecified atom stereocenters. The van der Waals surface area contributed by atoms with Gasteiger partial charge in [0.25, 0.3) is 5.91 Å². The Bertz CT molecular complexity index is 668. The zero-order valence-electron chi connectivity index (χ0n) is 12.1. The van der Waals surface area contributed by atoms with Gasteiger partial charge in [-0.2, -0.15) is 0 Å². The van der Waals surface area contributed by atoms with Gasteiger partial charge >= 0.3 is 5.97 Å². The van der Waals surface area contributed by atoms with Crippen LogP contribution in [0.3, 0.4) is 0 Å². The van der Waals surface area contributed by atoms with Crippen LogP contribution in [0.15, 0.2) is 53.0 Å². The minimum atomic E-state index is -0.530. The highest BCUT2D eigenvalue weighted by Crippen LogP contribution is 2.16. The highest BCUT2D eigenvalue weighted by atomic mass is 79.9. The predicted molar refractivity (Wildman–Crippen MR) is 87.5 cm³/mol. The van der Waals surface area contributed by atoms with Crippen LogP contribution in [0.25, 0.3) is 0 Å². The van der Waals surface area contributed by atoms with Gasteiger partial charge < -0.3 is 10.1 Å². The van der Waals surface area contributed by atoms with Crippen LogP contribution in [0.4, 0.5) is 0 Å². The van der Waals surface area contributed by atoms with E-state index in [2.05, 4.69) is 21.2 Å². The number of hydrogen-bond donors (Lipinski definition) is 1. The van der Waals surface area contributed by atoms with Gasteiger partial charge in [0.15, 0.2) is 6.61 Å². The SMILES string of the molecule is Cc1ccc(CNC(=O)COC(=O)c2ccccc2Br)cc1. The number of halogens is 1. The lowest BCUT2D eigenvalue weighted by molar-refractivity contribution is -0.124. The van der Waals surface area contributed by atoms with Gasteiger partial charge in [-0.25, -0.2) is 4.79 Å². The van der Waals surface area contributed by atoms with Crippen LogP contribution in [0.5, 0.6) is 0 Å². The molecule has 0 atom stereocenters. The lowest BCUT2D eigenvalue weighted by atomic mass is 10.1. The van der Waals surface area contributed by atoms with E-state index in [0.717, 1.165) is 11.1 Å². The summed E-state index contributed by atoms with van der Waals surface area (Å²) in [6.07, 6.45) is 0. The third-order valence-electron chi connectivity index (χ3n) is 3.04. The maximum atomic E-state index is 11.8. The molecule has 0 spiro atoms. The highest BCUT2D eigenvalue weighted by Gasteiger charge is 2.12. The number of nitrogens with one attached hydrogen (secondary N) is 1. The summed E-state index contributed by atoms with van der Waals surface area (Å²) in [5.41, 5.74) is 2.56. The Morgan fingerprint density at radius 2 is 1.77 bits per heavy atom. The van der Waals surface area contributed by atoms with E-state index >= 15 is 0 Å². The van der Waals surface area contributed by atoms with Gasteiger partial charge in [-0.1, -0.05) is 42.0 Å². The molecule has 1 N–H and O–H groups in total. The number of amides is 1. The molecule has 0 bridgehead atoms. The second-order valence-corrected chi connectivity index (χ2v) is 5.67. The molecule has 114 valence electrons. The predicted octanol–water partition coefficient (Wildman–Crippen LogP) is 3.23. The van der Waals surface area contributed by atoms with Gasteiger partial charge in [0, 0.05) is 11.0 Å². The van der Waals surface area contributed by atoms with E-state index in [1.54, 1.807) is 24.3 Å². The fourth-order valence-electron chi connectivity index (χ4n) is 1.79. The van der Waals surface area contributed by atoms with E-state index in [1.165, 1.54) is 0 Å². The molecule has 0 aliphatic rings. The minimum absolute atomic E-state index is 0.300. The molecule has 5 heteroatoms. The Balaban J connectivity index is 1.79. The van der Waals surface area contributed by atoms with Crippen LogP contribution in [0.2, 0.25) is 0 Å². The van der Waals surface area contributed by atoms with Crippen molar-refractivity contribution < 1.29 is 14.3 Å². The molecule has 0 aromatic heterocycles. The second kappa shape index (κ2) is 7.75. The van der Waals surface area contributed by atoms with Crippen LogP contribution >= 0.6 is 15.9 Å². The van der Waals surface area contributed by atoms with Gasteiger partial charge in [-0.15, -0.1) is 0 Å². The fraction of sp³-hybridized carbons (Fsp3) is 0.176. The Morgan fingerprint density at radius 3 is 2.45 bits per heavy atom. The number of rotatable bonds is 5. The molecule has 0 aliphatic carbocycles. The van der Waals surface area contributed by atoms with Crippen molar-refractivity contribution in [2.24, 2.45) is 0 Å². The average molecular weight is 362 g/mol. The lowest BCUT2D eigenvalue weighted by Gasteiger charge is -2.08. The van der Waals surface area contributed by atoms with Crippen molar-refractivity contribution in [2.75, 3.05) is 6.61 Å². The van der Waals surface area contributed by atoms with Gasteiger partial charge in [0.2, 0.25) is 0 Å². The molecular weight excluding hydrogens is 346 g/mol. The Kier molecular flexibility index (Phi) is 5.72. The third kappa shape index (κ3) is 4.70. The Labute approximate surface area is 137 Å². The zero-order chi connectivity index (χ0) is 15.9. The van der Waals surface area contributed by atoms with E-state index in [1.807, 2.05) is 31.2 Å². The summed E-state index contributed by atoms with van der Waals surface area (Å²) in [5.74, 6) is -0.862. The largest absolute Gasteiger partial charge is 0.452 e. The first-order valence-corrected chi connectivity index (χ1v) is 7.59. The third-order valence-corrected chi connectivity index (χ3v) is 3.73. The number of carbonyl (C=O) groups is 2. The smallest absolute Gasteiger partial charge is 0.339 e. The van der Waals surface area contributed by atoms with Crippen molar-refractivity contribution in [1.82, 2.24) is 5.32 Å². The monoisotopic (exact) mass is 361 g/mol. The van der Waals surface area contributed by atoms with Crippen molar-refractivity contribution in [3.63, 3.8) is 0 Å². The molecule has 0 saturated heterocycles. The molecule has 22 heavy (non-hydrogen) atoms. The van der Waals surface area contributed by atoms with E-state index in [4.69, 9.17) is 4.74 Å². The summed E-state index contributed by atoms with van der Waals surface area (Å²) in [5, 5.41) is 2.71. The van der Waals surface area contributed by atoms with Crippen molar-refractivity contribution in [1.29, 1.82) is 0 Å². The van der Waals surface area contributed by atoms with Crippen molar-refractivity contribution in [3.8, 4) is 0 Å². The molecule has 2 aromatic carbocycles. The Hall–Kier alpha value is -2.14. The zero-order valence-corrected chi connectivity index (χ0v) is 13.7. The topological polar surface area (TPSA) is 55.4 Å². The average Bonchev–Trinajstić information content (AvgIpc) is 2.52.